The number of para-hydroxylation sites is 1. The van der Waals surface area contributed by atoms with Crippen molar-refractivity contribution in [2.45, 2.75) is 38.1 Å². The van der Waals surface area contributed by atoms with Crippen LogP contribution < -0.4 is 15.4 Å². The molecule has 1 fully saturated rings. The summed E-state index contributed by atoms with van der Waals surface area (Å²) < 4.78 is 10.1. The summed E-state index contributed by atoms with van der Waals surface area (Å²) in [6, 6.07) is 18.3. The van der Waals surface area contributed by atoms with Gasteiger partial charge in [0.2, 0.25) is 5.95 Å². The molecule has 0 saturated heterocycles. The molecule has 0 amide bonds. The molecule has 0 unspecified atom stereocenters. The van der Waals surface area contributed by atoms with E-state index < -0.39 is 0 Å². The maximum Gasteiger partial charge on any atom is 0.231 e. The molecule has 1 aliphatic carbocycles. The number of aromatic nitrogens is 6. The maximum absolute atomic E-state index is 5.85. The van der Waals surface area contributed by atoms with E-state index in [2.05, 4.69) is 20.2 Å². The van der Waals surface area contributed by atoms with Gasteiger partial charge in [0, 0.05) is 29.8 Å². The van der Waals surface area contributed by atoms with Crippen molar-refractivity contribution in [2.24, 2.45) is 0 Å². The van der Waals surface area contributed by atoms with Crippen molar-refractivity contribution >= 4 is 28.6 Å². The van der Waals surface area contributed by atoms with Crippen molar-refractivity contribution in [3.63, 3.8) is 0 Å². The highest BCUT2D eigenvalue weighted by molar-refractivity contribution is 5.84. The van der Waals surface area contributed by atoms with Crippen LogP contribution in [0.3, 0.4) is 0 Å². The molecule has 3 aromatic heterocycles. The number of hydrogen-bond acceptors (Lipinski definition) is 7. The van der Waals surface area contributed by atoms with Gasteiger partial charge in [-0.3, -0.25) is 0 Å². The number of nitrogens with one attached hydrogen (secondary N) is 2. The summed E-state index contributed by atoms with van der Waals surface area (Å²) in [4.78, 5) is 18.5. The Hall–Kier alpha value is -4.40. The molecule has 2 N–H and O–H groups in total. The maximum atomic E-state index is 5.85. The smallest absolute Gasteiger partial charge is 0.231 e. The van der Waals surface area contributed by atoms with E-state index >= 15 is 0 Å². The van der Waals surface area contributed by atoms with Crippen LogP contribution in [-0.2, 0) is 0 Å². The van der Waals surface area contributed by atoms with E-state index in [1.165, 1.54) is 19.3 Å². The number of benzene rings is 2. The van der Waals surface area contributed by atoms with Gasteiger partial charge in [-0.15, -0.1) is 0 Å². The van der Waals surface area contributed by atoms with Gasteiger partial charge in [0.15, 0.2) is 17.0 Å². The highest BCUT2D eigenvalue weighted by atomic mass is 16.5. The Bertz CT molecular complexity index is 1420. The van der Waals surface area contributed by atoms with E-state index in [0.717, 1.165) is 41.1 Å². The summed E-state index contributed by atoms with van der Waals surface area (Å²) in [5.74, 6) is 2.08. The predicted molar refractivity (Wildman–Crippen MR) is 145 cm³/mol. The van der Waals surface area contributed by atoms with Gasteiger partial charge in [-0.05, 0) is 49.2 Å². The fraction of sp³-hybridized carbons (Fsp3) is 0.286. The lowest BCUT2D eigenvalue weighted by Crippen LogP contribution is -2.15. The Kier molecular flexibility index (Phi) is 6.66. The summed E-state index contributed by atoms with van der Waals surface area (Å²) in [5.41, 5.74) is 3.58. The third kappa shape index (κ3) is 5.25. The number of hydrogen-bond donors (Lipinski definition) is 2. The Morgan fingerprint density at radius 3 is 2.54 bits per heavy atom. The Balaban J connectivity index is 1.25. The van der Waals surface area contributed by atoms with Crippen molar-refractivity contribution in [1.29, 1.82) is 0 Å². The summed E-state index contributed by atoms with van der Waals surface area (Å²) in [6.07, 6.45) is 13.5. The molecule has 5 aromatic rings. The molecule has 3 heterocycles. The van der Waals surface area contributed by atoms with Gasteiger partial charge in [-0.25, -0.2) is 9.97 Å². The minimum atomic E-state index is 0.422. The summed E-state index contributed by atoms with van der Waals surface area (Å²) in [5, 5.41) is 6.81. The quantitative estimate of drug-likeness (QED) is 0.252. The number of nitrogens with zero attached hydrogens (tertiary/aromatic N) is 6. The third-order valence-electron chi connectivity index (χ3n) is 6.72. The molecule has 9 heteroatoms. The molecule has 37 heavy (non-hydrogen) atoms. The summed E-state index contributed by atoms with van der Waals surface area (Å²) >= 11 is 0. The summed E-state index contributed by atoms with van der Waals surface area (Å²) in [7, 11) is 0. The van der Waals surface area contributed by atoms with Crippen LogP contribution in [0.1, 0.15) is 38.1 Å². The van der Waals surface area contributed by atoms with E-state index in [1.54, 1.807) is 12.5 Å². The minimum absolute atomic E-state index is 0.422. The van der Waals surface area contributed by atoms with E-state index in [-0.39, 0.29) is 0 Å². The zero-order valence-corrected chi connectivity index (χ0v) is 20.6. The van der Waals surface area contributed by atoms with Crippen LogP contribution in [0, 0.1) is 0 Å². The molecular formula is C28H30N8O. The first kappa shape index (κ1) is 23.0. The molecule has 0 atom stereocenters. The second-order valence-electron chi connectivity index (χ2n) is 9.24. The normalized spacial score (nSPS) is 14.1. The topological polar surface area (TPSA) is 94.7 Å². The largest absolute Gasteiger partial charge is 0.492 e. The van der Waals surface area contributed by atoms with Crippen molar-refractivity contribution in [1.82, 2.24) is 29.1 Å². The second-order valence-corrected chi connectivity index (χ2v) is 9.24. The van der Waals surface area contributed by atoms with Crippen molar-refractivity contribution in [2.75, 3.05) is 23.8 Å². The summed E-state index contributed by atoms with van der Waals surface area (Å²) in [6.45, 7) is 1.10. The van der Waals surface area contributed by atoms with Gasteiger partial charge in [-0.1, -0.05) is 37.5 Å². The van der Waals surface area contributed by atoms with Gasteiger partial charge in [-0.2, -0.15) is 9.97 Å². The molecule has 2 aromatic carbocycles. The first-order chi connectivity index (χ1) is 18.3. The van der Waals surface area contributed by atoms with Gasteiger partial charge in [0.25, 0.3) is 0 Å². The molecule has 0 radical (unpaired) electrons. The monoisotopic (exact) mass is 494 g/mol. The van der Waals surface area contributed by atoms with E-state index in [4.69, 9.17) is 19.7 Å². The molecule has 9 nitrogen and oxygen atoms in total. The van der Waals surface area contributed by atoms with Gasteiger partial charge < -0.3 is 24.5 Å². The number of anilines is 3. The van der Waals surface area contributed by atoms with E-state index in [1.807, 2.05) is 71.7 Å². The molecule has 0 bridgehead atoms. The Morgan fingerprint density at radius 2 is 1.76 bits per heavy atom. The molecular weight excluding hydrogens is 464 g/mol. The van der Waals surface area contributed by atoms with E-state index in [9.17, 15) is 0 Å². The predicted octanol–water partition coefficient (Wildman–Crippen LogP) is 5.75. The van der Waals surface area contributed by atoms with Crippen LogP contribution in [-0.4, -0.2) is 42.2 Å². The van der Waals surface area contributed by atoms with E-state index in [0.29, 0.717) is 31.0 Å². The Labute approximate surface area is 215 Å². The van der Waals surface area contributed by atoms with Crippen LogP contribution in [0.4, 0.5) is 17.5 Å². The van der Waals surface area contributed by atoms with Crippen LogP contribution in [0.25, 0.3) is 16.9 Å². The zero-order valence-electron chi connectivity index (χ0n) is 20.6. The Morgan fingerprint density at radius 1 is 0.919 bits per heavy atom. The number of imidazole rings is 2. The molecule has 0 spiro atoms. The lowest BCUT2D eigenvalue weighted by molar-refractivity contribution is 0.333. The van der Waals surface area contributed by atoms with Crippen LogP contribution in [0.15, 0.2) is 79.6 Å². The first-order valence-corrected chi connectivity index (χ1v) is 12.9. The molecule has 188 valence electrons. The fourth-order valence-electron chi connectivity index (χ4n) is 4.83. The fourth-order valence-corrected chi connectivity index (χ4v) is 4.83. The second kappa shape index (κ2) is 10.7. The third-order valence-corrected chi connectivity index (χ3v) is 6.72. The van der Waals surface area contributed by atoms with Crippen LogP contribution >= 0.6 is 0 Å². The standard InChI is InChI=1S/C28H30N8O/c1-3-7-23(8-4-1)36-20-31-25-26(30-16-18-37-24-9-5-2-6-10-24)33-28(34-27(25)36)32-21-11-13-22(14-12-21)35-17-15-29-19-35/h2,5-6,9-15,17,19-20,23H,1,3-4,7-8,16,18H2,(H2,30,32,33,34). The molecule has 1 aliphatic rings. The van der Waals surface area contributed by atoms with Crippen molar-refractivity contribution in [3.8, 4) is 11.4 Å². The van der Waals surface area contributed by atoms with Crippen LogP contribution in [0.5, 0.6) is 5.75 Å². The lowest BCUT2D eigenvalue weighted by Gasteiger charge is -2.23. The average Bonchev–Trinajstić information content (AvgIpc) is 3.64. The average molecular weight is 495 g/mol. The van der Waals surface area contributed by atoms with Crippen molar-refractivity contribution < 1.29 is 4.74 Å². The van der Waals surface area contributed by atoms with Gasteiger partial charge >= 0.3 is 0 Å². The lowest BCUT2D eigenvalue weighted by atomic mass is 9.95. The van der Waals surface area contributed by atoms with Gasteiger partial charge in [0.1, 0.15) is 12.4 Å². The van der Waals surface area contributed by atoms with Crippen molar-refractivity contribution in [3.05, 3.63) is 79.6 Å². The number of rotatable bonds is 9. The molecule has 1 saturated carbocycles. The number of fused-ring (bicyclic) bond motifs is 1. The number of ether oxygens (including phenoxy) is 1. The highest BCUT2D eigenvalue weighted by Gasteiger charge is 2.21. The highest BCUT2D eigenvalue weighted by Crippen LogP contribution is 2.32. The first-order valence-electron chi connectivity index (χ1n) is 12.9. The van der Waals surface area contributed by atoms with Gasteiger partial charge in [0.05, 0.1) is 19.2 Å². The molecule has 6 rings (SSSR count). The SMILES string of the molecule is c1ccc(OCCNc2nc(Nc3ccc(-n4ccnc4)cc3)nc3c2ncn3C2CCCCC2)cc1. The minimum Gasteiger partial charge on any atom is -0.492 e. The van der Waals surface area contributed by atoms with Crippen LogP contribution in [0.2, 0.25) is 0 Å². The molecule has 0 aliphatic heterocycles. The zero-order chi connectivity index (χ0) is 24.9.